The van der Waals surface area contributed by atoms with Gasteiger partial charge < -0.3 is 0 Å². The van der Waals surface area contributed by atoms with Gasteiger partial charge in [-0.1, -0.05) is 0 Å². The molecule has 0 saturated heterocycles. The molecule has 0 atom stereocenters. The van der Waals surface area contributed by atoms with Gasteiger partial charge in [-0.25, -0.2) is 0 Å². The van der Waals surface area contributed by atoms with E-state index in [2.05, 4.69) is 19.8 Å². The van der Waals surface area contributed by atoms with E-state index in [1.807, 2.05) is 18.4 Å². The van der Waals surface area contributed by atoms with Crippen LogP contribution >= 0.6 is 0 Å². The van der Waals surface area contributed by atoms with Gasteiger partial charge in [-0.3, -0.25) is 0 Å². The number of rotatable bonds is 4. The Morgan fingerprint density at radius 1 is 1.65 bits per heavy atom. The van der Waals surface area contributed by atoms with Gasteiger partial charge in [0.25, 0.3) is 0 Å². The first-order valence-corrected chi connectivity index (χ1v) is 5.02. The van der Waals surface area contributed by atoms with Crippen molar-refractivity contribution in [2.45, 2.75) is 19.9 Å². The third-order valence-corrected chi connectivity index (χ3v) is 2.19. The van der Waals surface area contributed by atoms with Gasteiger partial charge in [0.2, 0.25) is 0 Å². The van der Waals surface area contributed by atoms with Crippen molar-refractivity contribution in [3.8, 4) is 5.88 Å². The number of nitrogens with zero attached hydrogens (tertiary/aromatic N) is 5. The molecule has 0 bridgehead atoms. The molecule has 9 heteroatoms. The quantitative estimate of drug-likeness (QED) is 0.745. The Balaban J connectivity index is 2.50. The zero-order valence-corrected chi connectivity index (χ0v) is 9.53. The van der Waals surface area contributed by atoms with Crippen molar-refractivity contribution in [1.29, 1.82) is 1.34 Å². The Bertz CT molecular complexity index is 586. The first kappa shape index (κ1) is 10.2. The van der Waals surface area contributed by atoms with E-state index in [9.17, 15) is 0 Å². The van der Waals surface area contributed by atoms with Gasteiger partial charge in [-0.2, -0.15) is 0 Å². The minimum atomic E-state index is 0.100. The number of nitrogen functional groups attached to an aromatic ring is 1. The van der Waals surface area contributed by atoms with Gasteiger partial charge in [0.1, 0.15) is 0 Å². The Kier molecular flexibility index (Phi) is 2.73. The number of fused-ring (bicyclic) bond motifs is 1. The molecule has 2 heterocycles. The SMILES string of the molecule is [2H][B]N=BOc1nc(N)nc2c1ncn2C(C)C. The fourth-order valence-corrected chi connectivity index (χ4v) is 1.45. The van der Waals surface area contributed by atoms with E-state index in [4.69, 9.17) is 11.7 Å². The Labute approximate surface area is 101 Å². The van der Waals surface area contributed by atoms with Gasteiger partial charge in [-0.05, 0) is 0 Å². The van der Waals surface area contributed by atoms with Crippen LogP contribution in [-0.2, 0) is 0 Å². The third kappa shape index (κ3) is 2.13. The van der Waals surface area contributed by atoms with E-state index in [0.717, 1.165) is 15.2 Å². The van der Waals surface area contributed by atoms with E-state index in [-0.39, 0.29) is 17.9 Å². The van der Waals surface area contributed by atoms with Crippen LogP contribution in [0.1, 0.15) is 19.9 Å². The van der Waals surface area contributed by atoms with Crippen LogP contribution in [0, 0.1) is 0 Å². The number of hydrogen-bond donors (Lipinski definition) is 1. The fourth-order valence-electron chi connectivity index (χ4n) is 1.45. The molecule has 0 unspecified atom stereocenters. The van der Waals surface area contributed by atoms with Crippen molar-refractivity contribution in [2.75, 3.05) is 5.73 Å². The van der Waals surface area contributed by atoms with Gasteiger partial charge in [0.15, 0.2) is 0 Å². The van der Waals surface area contributed by atoms with Crippen molar-refractivity contribution in [3.63, 3.8) is 0 Å². The minimum absolute atomic E-state index is 0.100. The molecule has 0 amide bonds. The average Bonchev–Trinajstić information content (AvgIpc) is 2.72. The second-order valence-electron chi connectivity index (χ2n) is 3.68. The topological polar surface area (TPSA) is 91.2 Å². The van der Waals surface area contributed by atoms with Crippen LogP contribution in [0.3, 0.4) is 0 Å². The standard InChI is InChI=1S/C8H11B2N6O/c1-4(2)16-3-12-5-6(16)13-8(11)14-7(5)17-10-15-9/h3-4,9H,1-2H3,(H2,11,13,14)/i9D. The molecule has 0 aliphatic heterocycles. The normalized spacial score (nSPS) is 11.8. The van der Waals surface area contributed by atoms with Crippen molar-refractivity contribution >= 4 is 32.3 Å². The van der Waals surface area contributed by atoms with E-state index in [1.165, 1.54) is 0 Å². The van der Waals surface area contributed by atoms with Gasteiger partial charge in [-0.15, -0.1) is 0 Å². The van der Waals surface area contributed by atoms with Crippen molar-refractivity contribution in [1.82, 2.24) is 19.5 Å². The van der Waals surface area contributed by atoms with Gasteiger partial charge in [0, 0.05) is 0 Å². The first-order chi connectivity index (χ1) is 8.63. The molecule has 2 N–H and O–H groups in total. The van der Waals surface area contributed by atoms with Crippen molar-refractivity contribution in [3.05, 3.63) is 6.33 Å². The molecule has 7 nitrogen and oxygen atoms in total. The van der Waals surface area contributed by atoms with E-state index in [0.29, 0.717) is 11.2 Å². The first-order valence-electron chi connectivity index (χ1n) is 5.59. The summed E-state index contributed by atoms with van der Waals surface area (Å²) in [5.74, 6) is 0.325. The molecule has 0 fully saturated rings. The molecule has 1 radical (unpaired) electrons. The molecule has 0 aliphatic rings. The summed E-state index contributed by atoms with van der Waals surface area (Å²) in [6.45, 7) is 4.02. The summed E-state index contributed by atoms with van der Waals surface area (Å²) >= 11 is 0. The zero-order chi connectivity index (χ0) is 13.1. The Morgan fingerprint density at radius 3 is 3.18 bits per heavy atom. The molecular formula is C8H11B2N6O. The summed E-state index contributed by atoms with van der Waals surface area (Å²) in [5, 5.41) is 0. The molecule has 0 spiro atoms. The van der Waals surface area contributed by atoms with Crippen LogP contribution in [-0.4, -0.2) is 36.1 Å². The molecular weight excluding hydrogens is 218 g/mol. The number of aromatic nitrogens is 4. The molecule has 0 aliphatic carbocycles. The van der Waals surface area contributed by atoms with Gasteiger partial charge >= 0.3 is 100 Å². The maximum atomic E-state index is 6.75. The predicted molar refractivity (Wildman–Crippen MR) is 66.1 cm³/mol. The molecule has 85 valence electrons. The van der Waals surface area contributed by atoms with Crippen molar-refractivity contribution < 1.29 is 4.65 Å². The summed E-state index contributed by atoms with van der Waals surface area (Å²) in [5.41, 5.74) is 6.74. The molecule has 0 aromatic carbocycles. The Morgan fingerprint density at radius 2 is 2.47 bits per heavy atom. The summed E-state index contributed by atoms with van der Waals surface area (Å²) < 4.78 is 13.8. The van der Waals surface area contributed by atoms with E-state index < -0.39 is 0 Å². The average molecular weight is 230 g/mol. The predicted octanol–water partition coefficient (Wildman–Crippen LogP) is -0.0132. The van der Waals surface area contributed by atoms with Crippen LogP contribution in [0.15, 0.2) is 11.1 Å². The van der Waals surface area contributed by atoms with Crippen LogP contribution < -0.4 is 10.4 Å². The molecule has 0 saturated carbocycles. The second kappa shape index (κ2) is 4.52. The number of anilines is 1. The summed E-state index contributed by atoms with van der Waals surface area (Å²) in [4.78, 5) is 15.8. The monoisotopic (exact) mass is 230 g/mol. The maximum absolute atomic E-state index is 6.75. The molecule has 2 aromatic heterocycles. The third-order valence-electron chi connectivity index (χ3n) is 2.19. The Hall–Kier alpha value is -1.92. The van der Waals surface area contributed by atoms with Crippen molar-refractivity contribution in [2.24, 2.45) is 4.81 Å². The number of hydrogen-bond acceptors (Lipinski definition) is 6. The summed E-state index contributed by atoms with van der Waals surface area (Å²) in [6.07, 6.45) is 1.66. The van der Waals surface area contributed by atoms with Crippen LogP contribution in [0.2, 0.25) is 0 Å². The van der Waals surface area contributed by atoms with E-state index in [1.54, 1.807) is 6.33 Å². The van der Waals surface area contributed by atoms with Crippen LogP contribution in [0.5, 0.6) is 5.88 Å². The van der Waals surface area contributed by atoms with Crippen LogP contribution in [0.25, 0.3) is 11.2 Å². The zero-order valence-electron chi connectivity index (χ0n) is 10.5. The molecule has 17 heavy (non-hydrogen) atoms. The number of nitrogens with two attached hydrogens (primary N) is 1. The molecule has 2 aromatic rings. The summed E-state index contributed by atoms with van der Waals surface area (Å²) in [6, 6.07) is 0.201. The van der Waals surface area contributed by atoms with E-state index >= 15 is 0 Å². The molecule has 2 rings (SSSR count). The van der Waals surface area contributed by atoms with Gasteiger partial charge in [0.05, 0.1) is 0 Å². The van der Waals surface area contributed by atoms with Crippen LogP contribution in [0.4, 0.5) is 5.95 Å². The number of imidazole rings is 1. The second-order valence-corrected chi connectivity index (χ2v) is 3.68. The summed E-state index contributed by atoms with van der Waals surface area (Å²) in [7, 11) is 1.96. The fraction of sp³-hybridized carbons (Fsp3) is 0.375.